The first-order valence-electron chi connectivity index (χ1n) is 6.59. The van der Waals surface area contributed by atoms with Crippen LogP contribution in [-0.2, 0) is 10.0 Å². The fourth-order valence-corrected chi connectivity index (χ4v) is 4.23. The van der Waals surface area contributed by atoms with E-state index in [2.05, 4.69) is 5.32 Å². The van der Waals surface area contributed by atoms with Crippen molar-refractivity contribution in [3.05, 3.63) is 24.3 Å². The molecule has 5 nitrogen and oxygen atoms in total. The van der Waals surface area contributed by atoms with Gasteiger partial charge >= 0.3 is 0 Å². The Morgan fingerprint density at radius 1 is 1.35 bits per heavy atom. The summed E-state index contributed by atoms with van der Waals surface area (Å²) in [5, 5.41) is 2.93. The number of hydrogen-bond donors (Lipinski definition) is 2. The molecule has 7 heteroatoms. The summed E-state index contributed by atoms with van der Waals surface area (Å²) in [6.07, 6.45) is 2.93. The topological polar surface area (TPSA) is 75.4 Å². The zero-order valence-electron chi connectivity index (χ0n) is 11.4. The lowest BCUT2D eigenvalue weighted by Gasteiger charge is -2.32. The maximum Gasteiger partial charge on any atom is 0.243 e. The summed E-state index contributed by atoms with van der Waals surface area (Å²) in [4.78, 5) is 0.305. The molecule has 0 radical (unpaired) electrons. The number of benzene rings is 1. The highest BCUT2D eigenvalue weighted by Gasteiger charge is 2.30. The normalized spacial score (nSPS) is 20.6. The summed E-state index contributed by atoms with van der Waals surface area (Å²) in [6, 6.07) is 6.55. The standard InChI is InChI=1S/C13H19N3O2S2/c1-10-4-2-3-9-16(10)20(17,18)12-7-5-11(6-8-12)15-13(14)19/h5-8,10H,2-4,9H2,1H3,(H3,14,15,19). The predicted molar refractivity (Wildman–Crippen MR) is 84.1 cm³/mol. The Balaban J connectivity index is 2.23. The molecule has 1 aromatic rings. The van der Waals surface area contributed by atoms with E-state index in [0.29, 0.717) is 17.1 Å². The van der Waals surface area contributed by atoms with Crippen molar-refractivity contribution >= 4 is 33.0 Å². The third-order valence-corrected chi connectivity index (χ3v) is 5.60. The van der Waals surface area contributed by atoms with E-state index in [0.717, 1.165) is 19.3 Å². The highest BCUT2D eigenvalue weighted by atomic mass is 32.2. The van der Waals surface area contributed by atoms with Crippen LogP contribution in [0.25, 0.3) is 0 Å². The van der Waals surface area contributed by atoms with Crippen LogP contribution in [0.1, 0.15) is 26.2 Å². The van der Waals surface area contributed by atoms with E-state index < -0.39 is 10.0 Å². The molecule has 1 atom stereocenters. The molecule has 0 spiro atoms. The minimum absolute atomic E-state index is 0.0585. The van der Waals surface area contributed by atoms with Gasteiger partial charge in [0.1, 0.15) is 0 Å². The number of anilines is 1. The van der Waals surface area contributed by atoms with Gasteiger partial charge in [-0.3, -0.25) is 0 Å². The Morgan fingerprint density at radius 3 is 2.55 bits per heavy atom. The number of nitrogens with one attached hydrogen (secondary N) is 1. The molecule has 2 rings (SSSR count). The molecule has 0 aliphatic carbocycles. The molecule has 1 aliphatic heterocycles. The van der Waals surface area contributed by atoms with Crippen LogP contribution in [-0.4, -0.2) is 30.4 Å². The molecular weight excluding hydrogens is 294 g/mol. The average Bonchev–Trinajstić information content (AvgIpc) is 2.39. The van der Waals surface area contributed by atoms with Gasteiger partial charge in [-0.2, -0.15) is 4.31 Å². The van der Waals surface area contributed by atoms with Gasteiger partial charge in [-0.25, -0.2) is 8.42 Å². The molecule has 1 aromatic carbocycles. The van der Waals surface area contributed by atoms with Gasteiger partial charge in [0.2, 0.25) is 10.0 Å². The van der Waals surface area contributed by atoms with E-state index in [-0.39, 0.29) is 11.2 Å². The van der Waals surface area contributed by atoms with E-state index >= 15 is 0 Å². The molecule has 0 bridgehead atoms. The van der Waals surface area contributed by atoms with E-state index in [1.807, 2.05) is 6.92 Å². The van der Waals surface area contributed by atoms with Gasteiger partial charge in [0, 0.05) is 18.3 Å². The summed E-state index contributed by atoms with van der Waals surface area (Å²) in [7, 11) is -3.41. The second-order valence-electron chi connectivity index (χ2n) is 4.97. The van der Waals surface area contributed by atoms with E-state index in [1.54, 1.807) is 28.6 Å². The molecule has 1 saturated heterocycles. The fourth-order valence-electron chi connectivity index (χ4n) is 2.42. The van der Waals surface area contributed by atoms with Gasteiger partial charge in [0.05, 0.1) is 4.90 Å². The molecule has 1 unspecified atom stereocenters. The number of nitrogens with zero attached hydrogens (tertiary/aromatic N) is 1. The number of nitrogens with two attached hydrogens (primary N) is 1. The largest absolute Gasteiger partial charge is 0.376 e. The second-order valence-corrected chi connectivity index (χ2v) is 7.30. The molecule has 110 valence electrons. The Hall–Kier alpha value is -1.18. The number of rotatable bonds is 3. The maximum absolute atomic E-state index is 12.6. The van der Waals surface area contributed by atoms with Crippen LogP contribution in [0.15, 0.2) is 29.2 Å². The monoisotopic (exact) mass is 313 g/mol. The minimum atomic E-state index is -3.41. The van der Waals surface area contributed by atoms with Gasteiger partial charge < -0.3 is 11.1 Å². The Bertz CT molecular complexity index is 584. The predicted octanol–water partition coefficient (Wildman–Crippen LogP) is 1.91. The third-order valence-electron chi connectivity index (χ3n) is 3.47. The van der Waals surface area contributed by atoms with Crippen LogP contribution in [0.5, 0.6) is 0 Å². The zero-order valence-corrected chi connectivity index (χ0v) is 13.0. The lowest BCUT2D eigenvalue weighted by atomic mass is 10.1. The van der Waals surface area contributed by atoms with Crippen LogP contribution >= 0.6 is 12.2 Å². The van der Waals surface area contributed by atoms with Crippen LogP contribution in [0.3, 0.4) is 0 Å². The molecule has 1 aliphatic rings. The number of sulfonamides is 1. The van der Waals surface area contributed by atoms with E-state index in [4.69, 9.17) is 18.0 Å². The lowest BCUT2D eigenvalue weighted by molar-refractivity contribution is 0.268. The SMILES string of the molecule is CC1CCCCN1S(=O)(=O)c1ccc(NC(N)=S)cc1. The summed E-state index contributed by atoms with van der Waals surface area (Å²) in [5.74, 6) is 0. The summed E-state index contributed by atoms with van der Waals surface area (Å²) in [6.45, 7) is 2.55. The van der Waals surface area contributed by atoms with Gasteiger partial charge in [-0.1, -0.05) is 6.42 Å². The molecule has 0 aromatic heterocycles. The smallest absolute Gasteiger partial charge is 0.243 e. The molecular formula is C13H19N3O2S2. The van der Waals surface area contributed by atoms with Gasteiger partial charge in [-0.05, 0) is 56.2 Å². The van der Waals surface area contributed by atoms with Crippen molar-refractivity contribution in [2.45, 2.75) is 37.1 Å². The summed E-state index contributed by atoms with van der Waals surface area (Å²) >= 11 is 4.74. The minimum Gasteiger partial charge on any atom is -0.376 e. The molecule has 0 saturated carbocycles. The number of thiocarbonyl (C=S) groups is 1. The van der Waals surface area contributed by atoms with E-state index in [9.17, 15) is 8.42 Å². The Kier molecular flexibility index (Phi) is 4.62. The fraction of sp³-hybridized carbons (Fsp3) is 0.462. The molecule has 1 heterocycles. The number of hydrogen-bond acceptors (Lipinski definition) is 3. The van der Waals surface area contributed by atoms with Crippen molar-refractivity contribution in [2.24, 2.45) is 5.73 Å². The van der Waals surface area contributed by atoms with Crippen LogP contribution in [0.2, 0.25) is 0 Å². The Labute approximate surface area is 125 Å². The number of piperidine rings is 1. The van der Waals surface area contributed by atoms with E-state index in [1.165, 1.54) is 0 Å². The maximum atomic E-state index is 12.6. The highest BCUT2D eigenvalue weighted by Crippen LogP contribution is 2.25. The molecule has 20 heavy (non-hydrogen) atoms. The summed E-state index contributed by atoms with van der Waals surface area (Å²) in [5.41, 5.74) is 6.06. The molecule has 0 amide bonds. The van der Waals surface area contributed by atoms with Crippen LogP contribution in [0.4, 0.5) is 5.69 Å². The highest BCUT2D eigenvalue weighted by molar-refractivity contribution is 7.89. The van der Waals surface area contributed by atoms with Crippen LogP contribution in [0, 0.1) is 0 Å². The van der Waals surface area contributed by atoms with Gasteiger partial charge in [0.15, 0.2) is 5.11 Å². The third kappa shape index (κ3) is 3.28. The van der Waals surface area contributed by atoms with Gasteiger partial charge in [0.25, 0.3) is 0 Å². The van der Waals surface area contributed by atoms with Crippen molar-refractivity contribution in [1.29, 1.82) is 0 Å². The first-order chi connectivity index (χ1) is 9.41. The first kappa shape index (κ1) is 15.2. The van der Waals surface area contributed by atoms with Crippen molar-refractivity contribution in [3.8, 4) is 0 Å². The van der Waals surface area contributed by atoms with Crippen molar-refractivity contribution in [1.82, 2.24) is 4.31 Å². The van der Waals surface area contributed by atoms with Crippen molar-refractivity contribution < 1.29 is 8.42 Å². The first-order valence-corrected chi connectivity index (χ1v) is 8.44. The quantitative estimate of drug-likeness (QED) is 0.834. The zero-order chi connectivity index (χ0) is 14.8. The van der Waals surface area contributed by atoms with Gasteiger partial charge in [-0.15, -0.1) is 0 Å². The Morgan fingerprint density at radius 2 is 2.00 bits per heavy atom. The second kappa shape index (κ2) is 6.07. The summed E-state index contributed by atoms with van der Waals surface area (Å²) < 4.78 is 26.8. The van der Waals surface area contributed by atoms with Crippen molar-refractivity contribution in [2.75, 3.05) is 11.9 Å². The van der Waals surface area contributed by atoms with Crippen molar-refractivity contribution in [3.63, 3.8) is 0 Å². The molecule has 1 fully saturated rings. The average molecular weight is 313 g/mol. The molecule has 3 N–H and O–H groups in total. The van der Waals surface area contributed by atoms with Crippen LogP contribution < -0.4 is 11.1 Å². The lowest BCUT2D eigenvalue weighted by Crippen LogP contribution is -2.41.